The second-order valence-corrected chi connectivity index (χ2v) is 8.76. The number of carbonyl (C=O) groups excluding carboxylic acids is 2. The number of nitrogens with one attached hydrogen (secondary N) is 2. The topological polar surface area (TPSA) is 79.8 Å². The van der Waals surface area contributed by atoms with Gasteiger partial charge >= 0.3 is 0 Å². The first-order chi connectivity index (χ1) is 16.4. The molecular weight excluding hydrogens is 477 g/mol. The first-order valence-corrected chi connectivity index (χ1v) is 11.4. The molecule has 2 N–H and O–H groups in total. The standard InChI is InChI=1S/C25H19ClFN3O3S/c1-15-6-9-17(10-7-15)28-25-30-24(32)22(34-25)13-16-8-11-21(18(26)12-16)33-14-23(31)29-20-5-3-2-4-19(20)27/h2-13H,14H2,1H3,(H,29,31)(H,28,30,32). The van der Waals surface area contributed by atoms with Crippen molar-refractivity contribution in [3.8, 4) is 5.75 Å². The van der Waals surface area contributed by atoms with Crippen LogP contribution in [-0.4, -0.2) is 23.6 Å². The predicted octanol–water partition coefficient (Wildman–Crippen LogP) is 5.70. The van der Waals surface area contributed by atoms with Crippen LogP contribution in [0, 0.1) is 12.7 Å². The van der Waals surface area contributed by atoms with E-state index in [1.807, 2.05) is 31.2 Å². The first kappa shape index (κ1) is 23.5. The molecule has 34 heavy (non-hydrogen) atoms. The predicted molar refractivity (Wildman–Crippen MR) is 134 cm³/mol. The molecule has 0 aliphatic carbocycles. The fourth-order valence-electron chi connectivity index (χ4n) is 2.98. The molecule has 6 nitrogen and oxygen atoms in total. The smallest absolute Gasteiger partial charge is 0.264 e. The molecule has 0 saturated carbocycles. The van der Waals surface area contributed by atoms with Gasteiger partial charge in [0.1, 0.15) is 11.6 Å². The number of anilines is 1. The number of aliphatic imine (C=N–C) groups is 1. The average molecular weight is 496 g/mol. The number of benzene rings is 3. The number of amides is 2. The maximum absolute atomic E-state index is 13.6. The molecule has 9 heteroatoms. The molecule has 1 saturated heterocycles. The van der Waals surface area contributed by atoms with Crippen molar-refractivity contribution in [3.05, 3.63) is 93.6 Å². The minimum atomic E-state index is -0.535. The van der Waals surface area contributed by atoms with Gasteiger partial charge in [0.2, 0.25) is 0 Å². The van der Waals surface area contributed by atoms with Crippen molar-refractivity contribution in [3.63, 3.8) is 0 Å². The summed E-state index contributed by atoms with van der Waals surface area (Å²) in [5.41, 5.74) is 2.63. The van der Waals surface area contributed by atoms with Gasteiger partial charge in [0.15, 0.2) is 11.8 Å². The van der Waals surface area contributed by atoms with Gasteiger partial charge in [-0.25, -0.2) is 9.38 Å². The summed E-state index contributed by atoms with van der Waals surface area (Å²) in [6.07, 6.45) is 1.69. The molecule has 0 bridgehead atoms. The number of rotatable bonds is 6. The number of para-hydroxylation sites is 1. The Bertz CT molecular complexity index is 1310. The highest BCUT2D eigenvalue weighted by molar-refractivity contribution is 8.18. The van der Waals surface area contributed by atoms with Gasteiger partial charge in [-0.1, -0.05) is 47.5 Å². The molecule has 1 aliphatic heterocycles. The van der Waals surface area contributed by atoms with E-state index in [4.69, 9.17) is 16.3 Å². The van der Waals surface area contributed by atoms with E-state index in [1.165, 1.54) is 30.0 Å². The van der Waals surface area contributed by atoms with Crippen molar-refractivity contribution in [1.82, 2.24) is 5.32 Å². The number of hydrogen-bond acceptors (Lipinski definition) is 5. The zero-order valence-corrected chi connectivity index (χ0v) is 19.5. The van der Waals surface area contributed by atoms with Crippen LogP contribution < -0.4 is 15.4 Å². The summed E-state index contributed by atoms with van der Waals surface area (Å²) >= 11 is 7.52. The van der Waals surface area contributed by atoms with Crippen LogP contribution in [0.4, 0.5) is 15.8 Å². The molecule has 0 aromatic heterocycles. The molecule has 1 aliphatic rings. The Morgan fingerprint density at radius 3 is 2.68 bits per heavy atom. The zero-order chi connectivity index (χ0) is 24.1. The molecule has 0 atom stereocenters. The van der Waals surface area contributed by atoms with Crippen LogP contribution in [0.1, 0.15) is 11.1 Å². The highest BCUT2D eigenvalue weighted by Gasteiger charge is 2.24. The molecule has 172 valence electrons. The highest BCUT2D eigenvalue weighted by atomic mass is 35.5. The van der Waals surface area contributed by atoms with Gasteiger partial charge in [-0.3, -0.25) is 9.59 Å². The molecule has 0 unspecified atom stereocenters. The van der Waals surface area contributed by atoms with Crippen LogP contribution in [0.5, 0.6) is 5.75 Å². The van der Waals surface area contributed by atoms with Crippen LogP contribution in [0.3, 0.4) is 0 Å². The number of thioether (sulfide) groups is 1. The second kappa shape index (κ2) is 10.5. The zero-order valence-electron chi connectivity index (χ0n) is 18.0. The van der Waals surface area contributed by atoms with Crippen LogP contribution in [0.2, 0.25) is 5.02 Å². The van der Waals surface area contributed by atoms with Crippen molar-refractivity contribution in [2.24, 2.45) is 4.99 Å². The maximum Gasteiger partial charge on any atom is 0.264 e. The van der Waals surface area contributed by atoms with Gasteiger partial charge in [-0.2, -0.15) is 0 Å². The van der Waals surface area contributed by atoms with E-state index in [0.29, 0.717) is 15.6 Å². The molecule has 3 aromatic rings. The number of hydrogen-bond donors (Lipinski definition) is 2. The molecule has 0 radical (unpaired) electrons. The highest BCUT2D eigenvalue weighted by Crippen LogP contribution is 2.31. The van der Waals surface area contributed by atoms with Gasteiger partial charge in [0, 0.05) is 0 Å². The lowest BCUT2D eigenvalue weighted by Crippen LogP contribution is -2.20. The minimum absolute atomic E-state index is 0.0711. The number of aryl methyl sites for hydroxylation is 1. The number of carbonyl (C=O) groups is 2. The van der Waals surface area contributed by atoms with Crippen molar-refractivity contribution in [2.75, 3.05) is 11.9 Å². The summed E-state index contributed by atoms with van der Waals surface area (Å²) in [5, 5.41) is 5.95. The third-order valence-corrected chi connectivity index (χ3v) is 5.88. The van der Waals surface area contributed by atoms with E-state index in [1.54, 1.807) is 30.3 Å². The van der Waals surface area contributed by atoms with Gasteiger partial charge in [-0.05, 0) is 66.7 Å². The second-order valence-electron chi connectivity index (χ2n) is 7.32. The summed E-state index contributed by atoms with van der Waals surface area (Å²) in [4.78, 5) is 29.3. The number of amidine groups is 1. The lowest BCUT2D eigenvalue weighted by atomic mass is 10.2. The number of halogens is 2. The monoisotopic (exact) mass is 495 g/mol. The normalized spacial score (nSPS) is 15.4. The molecule has 2 amide bonds. The van der Waals surface area contributed by atoms with E-state index >= 15 is 0 Å². The minimum Gasteiger partial charge on any atom is -0.482 e. The van der Waals surface area contributed by atoms with E-state index in [0.717, 1.165) is 11.3 Å². The van der Waals surface area contributed by atoms with E-state index in [9.17, 15) is 14.0 Å². The largest absolute Gasteiger partial charge is 0.482 e. The Morgan fingerprint density at radius 1 is 1.18 bits per heavy atom. The molecule has 3 aromatic carbocycles. The van der Waals surface area contributed by atoms with Crippen LogP contribution in [0.15, 0.2) is 76.6 Å². The number of nitrogens with zero attached hydrogens (tertiary/aromatic N) is 1. The van der Waals surface area contributed by atoms with E-state index in [-0.39, 0.29) is 29.0 Å². The Balaban J connectivity index is 1.38. The van der Waals surface area contributed by atoms with E-state index in [2.05, 4.69) is 15.6 Å². The van der Waals surface area contributed by atoms with Crippen molar-refractivity contribution in [1.29, 1.82) is 0 Å². The maximum atomic E-state index is 13.6. The lowest BCUT2D eigenvalue weighted by Gasteiger charge is -2.10. The molecular formula is C25H19ClFN3O3S. The Kier molecular flexibility index (Phi) is 7.30. The summed E-state index contributed by atoms with van der Waals surface area (Å²) < 4.78 is 19.1. The van der Waals surface area contributed by atoms with Crippen molar-refractivity contribution >= 4 is 57.8 Å². The van der Waals surface area contributed by atoms with Gasteiger partial charge < -0.3 is 15.4 Å². The Labute approximate surface area is 204 Å². The average Bonchev–Trinajstić information content (AvgIpc) is 3.14. The summed E-state index contributed by atoms with van der Waals surface area (Å²) in [7, 11) is 0. The summed E-state index contributed by atoms with van der Waals surface area (Å²) in [6.45, 7) is 1.65. The SMILES string of the molecule is Cc1ccc(N=C2NC(=O)C(=Cc3ccc(OCC(=O)Nc4ccccc4F)c(Cl)c3)S2)cc1. The fourth-order valence-corrected chi connectivity index (χ4v) is 4.07. The van der Waals surface area contributed by atoms with Gasteiger partial charge in [0.25, 0.3) is 11.8 Å². The van der Waals surface area contributed by atoms with Crippen molar-refractivity contribution < 1.29 is 18.7 Å². The van der Waals surface area contributed by atoms with Crippen LogP contribution in [0.25, 0.3) is 6.08 Å². The van der Waals surface area contributed by atoms with Gasteiger partial charge in [-0.15, -0.1) is 0 Å². The Hall–Kier alpha value is -3.62. The molecule has 1 heterocycles. The van der Waals surface area contributed by atoms with Crippen molar-refractivity contribution in [2.45, 2.75) is 6.92 Å². The van der Waals surface area contributed by atoms with Crippen LogP contribution in [-0.2, 0) is 9.59 Å². The Morgan fingerprint density at radius 2 is 1.94 bits per heavy atom. The quantitative estimate of drug-likeness (QED) is 0.430. The van der Waals surface area contributed by atoms with Crippen LogP contribution >= 0.6 is 23.4 Å². The summed E-state index contributed by atoms with van der Waals surface area (Å²) in [6, 6.07) is 18.5. The van der Waals surface area contributed by atoms with E-state index < -0.39 is 11.7 Å². The third kappa shape index (κ3) is 6.03. The first-order valence-electron chi connectivity index (χ1n) is 10.2. The fraction of sp³-hybridized carbons (Fsp3) is 0.0800. The molecule has 1 fully saturated rings. The molecule has 4 rings (SSSR count). The third-order valence-electron chi connectivity index (χ3n) is 4.68. The van der Waals surface area contributed by atoms with Gasteiger partial charge in [0.05, 0.1) is 21.3 Å². The molecule has 0 spiro atoms. The lowest BCUT2D eigenvalue weighted by molar-refractivity contribution is -0.118. The number of ether oxygens (including phenoxy) is 1. The summed E-state index contributed by atoms with van der Waals surface area (Å²) in [5.74, 6) is -1.02.